The van der Waals surface area contributed by atoms with E-state index in [2.05, 4.69) is 187 Å². The molecular weight excluding hydrogens is 1110 g/mol. The molecule has 4 fully saturated rings. The van der Waals surface area contributed by atoms with Crippen molar-refractivity contribution < 1.29 is 5.11 Å². The smallest absolute Gasteiger partial charge is 0.0786 e. The highest BCUT2D eigenvalue weighted by Gasteiger charge is 2.22. The number of benzene rings is 1. The van der Waals surface area contributed by atoms with Crippen LogP contribution in [0.15, 0.2) is 24.3 Å². The number of nitrogens with two attached hydrogens (primary N) is 5. The van der Waals surface area contributed by atoms with Gasteiger partial charge in [-0.3, -0.25) is 0 Å². The number of piperidine rings is 1. The molecule has 2 aliphatic carbocycles. The van der Waals surface area contributed by atoms with Crippen LogP contribution >= 0.6 is 11.8 Å². The van der Waals surface area contributed by atoms with Gasteiger partial charge in [0.15, 0.2) is 0 Å². The molecule has 0 radical (unpaired) electrons. The average molecular weight is 1270 g/mol. The number of nitrogens with one attached hydrogen (secondary N) is 7. The normalized spacial score (nSPS) is 19.1. The van der Waals surface area contributed by atoms with Gasteiger partial charge in [0.2, 0.25) is 0 Å². The first-order valence-corrected chi connectivity index (χ1v) is 37.3. The van der Waals surface area contributed by atoms with Gasteiger partial charge in [-0.1, -0.05) is 175 Å². The fraction of sp³-hybridized carbons (Fsp3) is 0.915. The van der Waals surface area contributed by atoms with Crippen molar-refractivity contribution >= 4 is 11.8 Å². The first kappa shape index (κ1) is 91.1. The first-order chi connectivity index (χ1) is 41.8. The molecule has 0 amide bonds. The third-order valence-electron chi connectivity index (χ3n) is 15.4. The summed E-state index contributed by atoms with van der Waals surface area (Å²) < 4.78 is 0. The van der Waals surface area contributed by atoms with Crippen LogP contribution in [0.4, 0.5) is 0 Å². The van der Waals surface area contributed by atoms with Gasteiger partial charge in [-0.2, -0.15) is 11.8 Å². The zero-order valence-corrected chi connectivity index (χ0v) is 62.3. The van der Waals surface area contributed by atoms with Gasteiger partial charge in [-0.15, -0.1) is 0 Å². The summed E-state index contributed by atoms with van der Waals surface area (Å²) in [5.41, 5.74) is 30.4. The lowest BCUT2D eigenvalue weighted by molar-refractivity contribution is 0.176. The molecule has 2 aliphatic heterocycles. The molecule has 2 saturated carbocycles. The molecule has 0 bridgehead atoms. The Morgan fingerprint density at radius 1 is 0.568 bits per heavy atom. The molecule has 528 valence electrons. The highest BCUT2D eigenvalue weighted by atomic mass is 32.2. The second kappa shape index (κ2) is 63.3. The third-order valence-corrected chi connectivity index (χ3v) is 16.5. The maximum Gasteiger partial charge on any atom is 0.0786 e. The minimum Gasteiger partial charge on any atom is -0.390 e. The summed E-state index contributed by atoms with van der Waals surface area (Å²) in [7, 11) is 0. The predicted octanol–water partition coefficient (Wildman–Crippen LogP) is 9.45. The number of hydrogen-bond acceptors (Lipinski definition) is 17. The quantitative estimate of drug-likeness (QED) is 0.0300. The molecule has 0 aromatic heterocycles. The molecule has 1 aromatic carbocycles. The van der Waals surface area contributed by atoms with Gasteiger partial charge < -0.3 is 85.7 Å². The van der Waals surface area contributed by atoms with Crippen molar-refractivity contribution in [1.82, 2.24) is 51.9 Å². The number of rotatable bonds is 32. The number of aliphatic hydroxyl groups excluding tert-OH is 1. The van der Waals surface area contributed by atoms with E-state index in [1.807, 2.05) is 25.6 Å². The monoisotopic (exact) mass is 1270 g/mol. The Labute approximate surface area is 552 Å². The van der Waals surface area contributed by atoms with Gasteiger partial charge in [-0.05, 0) is 133 Å². The Balaban J connectivity index is -0.000000940. The maximum absolute atomic E-state index is 8.92. The molecule has 88 heavy (non-hydrogen) atoms. The summed E-state index contributed by atoms with van der Waals surface area (Å²) in [5, 5.41) is 32.6. The highest BCUT2D eigenvalue weighted by Crippen LogP contribution is 2.18. The molecule has 2 heterocycles. The van der Waals surface area contributed by atoms with Crippen molar-refractivity contribution in [3.63, 3.8) is 0 Å². The molecule has 4 aliphatic rings. The fourth-order valence-electron chi connectivity index (χ4n) is 10.4. The Morgan fingerprint density at radius 3 is 1.53 bits per heavy atom. The van der Waals surface area contributed by atoms with Crippen LogP contribution in [0.25, 0.3) is 0 Å². The molecular formula is C71H157N15OS. The van der Waals surface area contributed by atoms with Gasteiger partial charge in [0.1, 0.15) is 0 Å². The van der Waals surface area contributed by atoms with Crippen molar-refractivity contribution in [2.24, 2.45) is 34.6 Å². The lowest BCUT2D eigenvalue weighted by Gasteiger charge is -2.30. The van der Waals surface area contributed by atoms with Gasteiger partial charge in [0, 0.05) is 143 Å². The van der Waals surface area contributed by atoms with E-state index in [1.165, 1.54) is 166 Å². The van der Waals surface area contributed by atoms with Crippen LogP contribution in [0, 0.1) is 5.92 Å². The van der Waals surface area contributed by atoms with Crippen LogP contribution in [0.5, 0.6) is 0 Å². The van der Waals surface area contributed by atoms with Gasteiger partial charge in [0.25, 0.3) is 0 Å². The maximum atomic E-state index is 8.92. The Morgan fingerprint density at radius 2 is 1.08 bits per heavy atom. The van der Waals surface area contributed by atoms with E-state index >= 15 is 0 Å². The van der Waals surface area contributed by atoms with E-state index in [4.69, 9.17) is 33.8 Å². The summed E-state index contributed by atoms with van der Waals surface area (Å²) in [4.78, 5) is 7.59. The zero-order chi connectivity index (χ0) is 66.9. The van der Waals surface area contributed by atoms with Crippen molar-refractivity contribution in [2.45, 2.75) is 307 Å². The van der Waals surface area contributed by atoms with E-state index in [9.17, 15) is 0 Å². The molecule has 16 nitrogen and oxygen atoms in total. The van der Waals surface area contributed by atoms with Crippen LogP contribution in [0.1, 0.15) is 232 Å². The number of hydrogen-bond donors (Lipinski definition) is 13. The van der Waals surface area contributed by atoms with Crippen molar-refractivity contribution in [3.05, 3.63) is 35.4 Å². The minimum atomic E-state index is -0.396. The number of likely N-dealkylation sites (tertiary alicyclic amines) is 2. The van der Waals surface area contributed by atoms with Crippen molar-refractivity contribution in [2.75, 3.05) is 110 Å². The number of thioether (sulfide) groups is 1. The van der Waals surface area contributed by atoms with Crippen LogP contribution < -0.4 is 65.9 Å². The topological polar surface area (TPSA) is 244 Å². The van der Waals surface area contributed by atoms with E-state index in [0.717, 1.165) is 50.8 Å². The standard InChI is InChI=1S/C11H18N2.C10H22N2.C10H23N.3C9H20N2.C7H18N2S.C6H16N2O/c1-9(2)13-8-11-5-3-4-10(6-11)7-12;1-10(2)11-6-9-12-7-4-3-5-8-12;1-5-11(6-2)9-7-8-10(3)4;1-9(2)10-5-8-11-6-3-4-7-11;1-7(2)11-9-5-3-4-8(10)6-9;1-7(2)11-9-6-4-3-5-8(9)10;1-7(2)9-4-6-10-5-3-8;1-5(2)8-4-6(9)3-7/h3-6,9,13H,7-8,12H2,1-2H3;10-11H,3-9H2,1-2H3;10H,5-9H2,1-4H3;9-10H,3-8H2,1-2H3;2*7-9,11H,3-6,10H2,1-2H3;7,9H,3-6,8H2,1-2H3;5-6,8-9H,3-4,7H2,1-2H3. The average Bonchev–Trinajstić information content (AvgIpc) is 4.15. The lowest BCUT2D eigenvalue weighted by Crippen LogP contribution is -2.49. The lowest BCUT2D eigenvalue weighted by atomic mass is 9.90. The third kappa shape index (κ3) is 65.0. The van der Waals surface area contributed by atoms with E-state index < -0.39 is 6.10 Å². The molecule has 5 rings (SSSR count). The van der Waals surface area contributed by atoms with Crippen LogP contribution in [-0.2, 0) is 13.1 Å². The van der Waals surface area contributed by atoms with Crippen molar-refractivity contribution in [1.29, 1.82) is 0 Å². The molecule has 18 N–H and O–H groups in total. The highest BCUT2D eigenvalue weighted by molar-refractivity contribution is 7.99. The summed E-state index contributed by atoms with van der Waals surface area (Å²) in [5.74, 6) is 3.13. The zero-order valence-electron chi connectivity index (χ0n) is 61.4. The van der Waals surface area contributed by atoms with E-state index in [-0.39, 0.29) is 0 Å². The van der Waals surface area contributed by atoms with Crippen LogP contribution in [-0.4, -0.2) is 202 Å². The molecule has 17 heteroatoms. The largest absolute Gasteiger partial charge is 0.390 e. The SMILES string of the molecule is CC(C)NC1CCCC(N)C1.CC(C)NC1CCCCC1N.CC(C)NCC(O)CN.CC(C)NCCN1CCCC1.CC(C)NCCN1CCCCC1.CC(C)NCCSCCN.CC(C)NCc1cccc(CN)c1.CCN(CC)CCCC(C)C. The minimum absolute atomic E-state index is 0.333. The molecule has 5 atom stereocenters. The number of nitrogens with zero attached hydrogens (tertiary/aromatic N) is 3. The van der Waals surface area contributed by atoms with Crippen LogP contribution in [0.3, 0.4) is 0 Å². The molecule has 0 spiro atoms. The van der Waals surface area contributed by atoms with Crippen molar-refractivity contribution in [3.8, 4) is 0 Å². The van der Waals surface area contributed by atoms with Gasteiger partial charge in [0.05, 0.1) is 6.10 Å². The summed E-state index contributed by atoms with van der Waals surface area (Å²) in [6.07, 6.45) is 19.5. The fourth-order valence-corrected chi connectivity index (χ4v) is 11.0. The Bertz CT molecular complexity index is 1530. The molecule has 2 saturated heterocycles. The first-order valence-electron chi connectivity index (χ1n) is 36.1. The Kier molecular flexibility index (Phi) is 65.6. The molecule has 1 aromatic rings. The summed E-state index contributed by atoms with van der Waals surface area (Å²) >= 11 is 1.91. The van der Waals surface area contributed by atoms with Gasteiger partial charge in [-0.25, -0.2) is 0 Å². The Hall–Kier alpha value is -1.07. The molecule has 5 unspecified atom stereocenters. The number of aliphatic hydroxyl groups is 1. The van der Waals surface area contributed by atoms with E-state index in [0.29, 0.717) is 86.1 Å². The van der Waals surface area contributed by atoms with Gasteiger partial charge >= 0.3 is 0 Å². The summed E-state index contributed by atoms with van der Waals surface area (Å²) in [6, 6.07) is 14.5. The summed E-state index contributed by atoms with van der Waals surface area (Å²) in [6.45, 7) is 57.4. The van der Waals surface area contributed by atoms with Crippen LogP contribution in [0.2, 0.25) is 0 Å². The second-order valence-electron chi connectivity index (χ2n) is 27.6. The van der Waals surface area contributed by atoms with E-state index in [1.54, 1.807) is 0 Å². The predicted molar refractivity (Wildman–Crippen MR) is 395 cm³/mol. The second-order valence-corrected chi connectivity index (χ2v) is 28.8.